The molecule has 2 amide bonds. The second-order valence-corrected chi connectivity index (χ2v) is 13.3. The number of thioether (sulfide) groups is 1. The van der Waals surface area contributed by atoms with E-state index in [0.717, 1.165) is 53.6 Å². The van der Waals surface area contributed by atoms with Gasteiger partial charge in [0.15, 0.2) is 4.34 Å². The smallest absolute Gasteiger partial charge is 0.248 e. The third kappa shape index (κ3) is 8.35. The number of rotatable bonds is 10. The topological polar surface area (TPSA) is 104 Å². The van der Waals surface area contributed by atoms with Crippen LogP contribution in [0.3, 0.4) is 0 Å². The van der Waals surface area contributed by atoms with Crippen LogP contribution < -0.4 is 16.0 Å². The minimum Gasteiger partial charge on any atom is -0.353 e. The Morgan fingerprint density at radius 1 is 1.12 bits per heavy atom. The molecule has 1 aliphatic rings. The molecule has 2 aromatic carbocycles. The van der Waals surface area contributed by atoms with E-state index < -0.39 is 6.04 Å². The Kier molecular flexibility index (Phi) is 10.7. The van der Waals surface area contributed by atoms with Gasteiger partial charge >= 0.3 is 0 Å². The Balaban J connectivity index is 1.13. The predicted octanol–water partition coefficient (Wildman–Crippen LogP) is 6.40. The molecule has 1 saturated heterocycles. The molecule has 12 heteroatoms. The van der Waals surface area contributed by atoms with Crippen molar-refractivity contribution in [1.29, 1.82) is 0 Å². The van der Waals surface area contributed by atoms with Gasteiger partial charge < -0.3 is 11.1 Å². The largest absolute Gasteiger partial charge is 0.353 e. The first-order chi connectivity index (χ1) is 20.8. The second kappa shape index (κ2) is 14.7. The van der Waals surface area contributed by atoms with Gasteiger partial charge in [0, 0.05) is 48.5 Å². The van der Waals surface area contributed by atoms with Crippen molar-refractivity contribution in [3.8, 4) is 11.3 Å². The van der Waals surface area contributed by atoms with Crippen molar-refractivity contribution in [3.63, 3.8) is 0 Å². The van der Waals surface area contributed by atoms with Gasteiger partial charge in [0.1, 0.15) is 0 Å². The maximum atomic E-state index is 13.0. The van der Waals surface area contributed by atoms with Crippen LogP contribution in [0.15, 0.2) is 76.7 Å². The quantitative estimate of drug-likeness (QED) is 0.191. The van der Waals surface area contributed by atoms with E-state index in [1.807, 2.05) is 53.9 Å². The van der Waals surface area contributed by atoms with Gasteiger partial charge in [-0.2, -0.15) is 0 Å². The molecule has 1 fully saturated rings. The van der Waals surface area contributed by atoms with Crippen molar-refractivity contribution in [3.05, 3.63) is 88.0 Å². The summed E-state index contributed by atoms with van der Waals surface area (Å²) in [6.07, 6.45) is 5.09. The highest BCUT2D eigenvalue weighted by molar-refractivity contribution is 8.01. The van der Waals surface area contributed by atoms with Gasteiger partial charge in [-0.05, 0) is 61.7 Å². The molecule has 5 rings (SSSR count). The normalized spacial score (nSPS) is 14.8. The number of nitrogens with one attached hydrogen (secondary N) is 1. The maximum Gasteiger partial charge on any atom is 0.248 e. The molecule has 2 aromatic heterocycles. The van der Waals surface area contributed by atoms with E-state index in [1.54, 1.807) is 30.3 Å². The lowest BCUT2D eigenvalue weighted by Gasteiger charge is -2.32. The fourth-order valence-electron chi connectivity index (χ4n) is 4.88. The molecule has 0 aliphatic carbocycles. The molecular weight excluding hydrogens is 623 g/mol. The van der Waals surface area contributed by atoms with Gasteiger partial charge in [0.2, 0.25) is 11.8 Å². The summed E-state index contributed by atoms with van der Waals surface area (Å²) in [7, 11) is 0. The number of hydrogen-bond acceptors (Lipinski definition) is 8. The van der Waals surface area contributed by atoms with Crippen molar-refractivity contribution < 1.29 is 9.59 Å². The first-order valence-electron chi connectivity index (χ1n) is 13.9. The molecule has 224 valence electrons. The number of anilines is 2. The highest BCUT2D eigenvalue weighted by atomic mass is 35.5. The number of carbonyl (C=O) groups excluding carboxylic acids is 2. The average molecular weight is 656 g/mol. The van der Waals surface area contributed by atoms with E-state index in [4.69, 9.17) is 33.9 Å². The van der Waals surface area contributed by atoms with E-state index >= 15 is 0 Å². The van der Waals surface area contributed by atoms with Crippen molar-refractivity contribution in [2.45, 2.75) is 42.7 Å². The number of nitrogens with zero attached hydrogens (tertiary/aromatic N) is 4. The zero-order chi connectivity index (χ0) is 30.3. The summed E-state index contributed by atoms with van der Waals surface area (Å²) in [5.74, 6) is 0.0739. The number of thiazole rings is 1. The lowest BCUT2D eigenvalue weighted by molar-refractivity contribution is -0.120. The van der Waals surface area contributed by atoms with E-state index in [1.165, 1.54) is 23.1 Å². The summed E-state index contributed by atoms with van der Waals surface area (Å²) in [6, 6.07) is 16.4. The molecule has 1 aliphatic heterocycles. The van der Waals surface area contributed by atoms with Gasteiger partial charge in [-0.1, -0.05) is 53.2 Å². The molecule has 43 heavy (non-hydrogen) atoms. The lowest BCUT2D eigenvalue weighted by Crippen LogP contribution is -2.44. The van der Waals surface area contributed by atoms with Gasteiger partial charge in [-0.25, -0.2) is 4.98 Å². The summed E-state index contributed by atoms with van der Waals surface area (Å²) in [4.78, 5) is 38.6. The standard InChI is InChI=1S/C31H32Cl2N6O2S2/c1-20(34)30(41)39(25-6-3-11-35-16-25)24-5-2-4-22(15-24)28-18-42-31(37-28)43-19-29(40)36-23-9-12-38(13-10-23)17-21-7-8-26(32)27(33)14-21/h2-8,11,14-16,18,20,23H,9-10,12-13,17,19,34H2,1H3,(H,36,40)/t20-/m0/s1. The van der Waals surface area contributed by atoms with Crippen LogP contribution in [-0.2, 0) is 16.1 Å². The number of carbonyl (C=O) groups is 2. The number of halogens is 2. The van der Waals surface area contributed by atoms with Gasteiger partial charge in [-0.3, -0.25) is 24.4 Å². The van der Waals surface area contributed by atoms with E-state index in [9.17, 15) is 9.59 Å². The highest BCUT2D eigenvalue weighted by Crippen LogP contribution is 2.33. The number of pyridine rings is 1. The Hall–Kier alpha value is -2.99. The second-order valence-electron chi connectivity index (χ2n) is 10.4. The van der Waals surface area contributed by atoms with E-state index in [2.05, 4.69) is 15.2 Å². The zero-order valence-corrected chi connectivity index (χ0v) is 26.7. The summed E-state index contributed by atoms with van der Waals surface area (Å²) in [5.41, 5.74) is 10.1. The molecule has 0 radical (unpaired) electrons. The molecule has 8 nitrogen and oxygen atoms in total. The third-order valence-corrected chi connectivity index (χ3v) is 9.83. The summed E-state index contributed by atoms with van der Waals surface area (Å²) in [6.45, 7) is 4.29. The van der Waals surface area contributed by atoms with Crippen LogP contribution in [0.5, 0.6) is 0 Å². The number of hydrogen-bond donors (Lipinski definition) is 2. The molecule has 3 N–H and O–H groups in total. The van der Waals surface area contributed by atoms with Crippen LogP contribution in [0.2, 0.25) is 10.0 Å². The maximum absolute atomic E-state index is 13.0. The Morgan fingerprint density at radius 2 is 1.91 bits per heavy atom. The number of benzene rings is 2. The highest BCUT2D eigenvalue weighted by Gasteiger charge is 2.23. The summed E-state index contributed by atoms with van der Waals surface area (Å²) in [5, 5.41) is 6.28. The van der Waals surface area contributed by atoms with Crippen molar-refractivity contribution in [2.24, 2.45) is 5.73 Å². The molecule has 1 atom stereocenters. The van der Waals surface area contributed by atoms with E-state index in [0.29, 0.717) is 27.2 Å². The molecule has 0 unspecified atom stereocenters. The third-order valence-electron chi connectivity index (χ3n) is 7.07. The van der Waals surface area contributed by atoms with Gasteiger partial charge in [-0.15, -0.1) is 11.3 Å². The average Bonchev–Trinajstić information content (AvgIpc) is 3.49. The Labute approximate surface area is 269 Å². The molecule has 0 saturated carbocycles. The number of likely N-dealkylation sites (tertiary alicyclic amines) is 1. The van der Waals surface area contributed by atoms with Gasteiger partial charge in [0.05, 0.1) is 39.4 Å². The zero-order valence-electron chi connectivity index (χ0n) is 23.6. The van der Waals surface area contributed by atoms with Crippen LogP contribution >= 0.6 is 46.3 Å². The van der Waals surface area contributed by atoms with Crippen LogP contribution in [0.1, 0.15) is 25.3 Å². The Morgan fingerprint density at radius 3 is 2.63 bits per heavy atom. The lowest BCUT2D eigenvalue weighted by atomic mass is 10.0. The van der Waals surface area contributed by atoms with Crippen LogP contribution in [0, 0.1) is 0 Å². The van der Waals surface area contributed by atoms with Crippen molar-refractivity contribution >= 4 is 69.5 Å². The fourth-order valence-corrected chi connectivity index (χ4v) is 6.85. The number of piperidine rings is 1. The summed E-state index contributed by atoms with van der Waals surface area (Å²) >= 11 is 15.1. The number of amides is 2. The fraction of sp³-hybridized carbons (Fsp3) is 0.290. The first kappa shape index (κ1) is 31.4. The first-order valence-corrected chi connectivity index (χ1v) is 16.5. The number of nitrogens with two attached hydrogens (primary N) is 1. The number of aromatic nitrogens is 2. The van der Waals surface area contributed by atoms with Crippen LogP contribution in [0.4, 0.5) is 11.4 Å². The van der Waals surface area contributed by atoms with Crippen molar-refractivity contribution in [1.82, 2.24) is 20.2 Å². The van der Waals surface area contributed by atoms with Crippen molar-refractivity contribution in [2.75, 3.05) is 23.7 Å². The summed E-state index contributed by atoms with van der Waals surface area (Å²) < 4.78 is 0.808. The van der Waals surface area contributed by atoms with Crippen LogP contribution in [-0.4, -0.2) is 57.6 Å². The van der Waals surface area contributed by atoms with Crippen LogP contribution in [0.25, 0.3) is 11.3 Å². The molecule has 3 heterocycles. The molecule has 0 spiro atoms. The van der Waals surface area contributed by atoms with Gasteiger partial charge in [0.25, 0.3) is 0 Å². The monoisotopic (exact) mass is 654 g/mol. The Bertz CT molecular complexity index is 1560. The minimum atomic E-state index is -0.682. The molecule has 0 bridgehead atoms. The van der Waals surface area contributed by atoms with E-state index in [-0.39, 0.29) is 17.9 Å². The minimum absolute atomic E-state index is 0.00760. The molecular formula is C31H32Cl2N6O2S2. The molecule has 4 aromatic rings. The predicted molar refractivity (Wildman–Crippen MR) is 176 cm³/mol. The SMILES string of the molecule is C[C@H](N)C(=O)N(c1cccnc1)c1cccc(-c2csc(SCC(=O)NC3CCN(Cc4ccc(Cl)c(Cl)c4)CC3)n2)c1.